The van der Waals surface area contributed by atoms with Crippen LogP contribution in [0.4, 0.5) is 0 Å². The van der Waals surface area contributed by atoms with Gasteiger partial charge in [-0.25, -0.2) is 9.67 Å². The summed E-state index contributed by atoms with van der Waals surface area (Å²) in [5, 5.41) is 13.1. The molecule has 1 N–H and O–H groups in total. The predicted octanol–water partition coefficient (Wildman–Crippen LogP) is 4.50. The lowest BCUT2D eigenvalue weighted by molar-refractivity contribution is -0.121. The van der Waals surface area contributed by atoms with Crippen molar-refractivity contribution in [1.29, 1.82) is 0 Å². The van der Waals surface area contributed by atoms with Gasteiger partial charge in [0.25, 0.3) is 0 Å². The van der Waals surface area contributed by atoms with E-state index in [9.17, 15) is 4.79 Å². The Kier molecular flexibility index (Phi) is 6.41. The van der Waals surface area contributed by atoms with Crippen LogP contribution in [0.1, 0.15) is 29.1 Å². The molecular formula is C24H27BrN6O. The zero-order chi connectivity index (χ0) is 22.8. The monoisotopic (exact) mass is 494 g/mol. The van der Waals surface area contributed by atoms with Crippen LogP contribution in [0.3, 0.4) is 0 Å². The number of carbonyl (C=O) groups excluding carboxylic acids is 1. The van der Waals surface area contributed by atoms with E-state index in [0.29, 0.717) is 6.54 Å². The lowest BCUT2D eigenvalue weighted by Gasteiger charge is -2.08. The molecule has 0 fully saturated rings. The van der Waals surface area contributed by atoms with E-state index in [2.05, 4.69) is 67.6 Å². The molecule has 32 heavy (non-hydrogen) atoms. The largest absolute Gasteiger partial charge is 0.354 e. The van der Waals surface area contributed by atoms with E-state index in [1.165, 1.54) is 5.56 Å². The number of hydrogen-bond acceptors (Lipinski definition) is 4. The van der Waals surface area contributed by atoms with Crippen molar-refractivity contribution in [1.82, 2.24) is 29.9 Å². The second-order valence-corrected chi connectivity index (χ2v) is 8.87. The Morgan fingerprint density at radius 2 is 1.84 bits per heavy atom. The van der Waals surface area contributed by atoms with Crippen molar-refractivity contribution < 1.29 is 4.79 Å². The Morgan fingerprint density at radius 1 is 1.06 bits per heavy atom. The molecule has 8 heteroatoms. The molecule has 1 aromatic carbocycles. The van der Waals surface area contributed by atoms with E-state index in [1.807, 2.05) is 31.5 Å². The molecule has 0 saturated carbocycles. The Bertz CT molecular complexity index is 1290. The SMILES string of the molecule is Cc1cccc(-c2ccnc3c2c(C)nn3CC(=O)NCCCn2nc(C)c(Br)c2C)c1. The molecule has 3 heterocycles. The van der Waals surface area contributed by atoms with Gasteiger partial charge in [-0.3, -0.25) is 9.48 Å². The van der Waals surface area contributed by atoms with Crippen molar-refractivity contribution in [2.45, 2.75) is 47.2 Å². The maximum atomic E-state index is 12.6. The van der Waals surface area contributed by atoms with E-state index in [0.717, 1.165) is 56.7 Å². The summed E-state index contributed by atoms with van der Waals surface area (Å²) < 4.78 is 4.70. The van der Waals surface area contributed by atoms with Crippen molar-refractivity contribution in [3.63, 3.8) is 0 Å². The number of pyridine rings is 1. The first-order valence-corrected chi connectivity index (χ1v) is 11.5. The average Bonchev–Trinajstić information content (AvgIpc) is 3.22. The quantitative estimate of drug-likeness (QED) is 0.383. The van der Waals surface area contributed by atoms with Crippen LogP contribution >= 0.6 is 15.9 Å². The fourth-order valence-corrected chi connectivity index (χ4v) is 4.27. The van der Waals surface area contributed by atoms with Gasteiger partial charge in [0.15, 0.2) is 5.65 Å². The number of aromatic nitrogens is 5. The molecule has 0 aliphatic heterocycles. The van der Waals surface area contributed by atoms with Crippen LogP contribution in [-0.2, 0) is 17.9 Å². The van der Waals surface area contributed by atoms with E-state index in [-0.39, 0.29) is 12.5 Å². The highest BCUT2D eigenvalue weighted by Crippen LogP contribution is 2.30. The number of carbonyl (C=O) groups is 1. The summed E-state index contributed by atoms with van der Waals surface area (Å²) in [6.07, 6.45) is 2.58. The lowest BCUT2D eigenvalue weighted by Crippen LogP contribution is -2.29. The number of hydrogen-bond donors (Lipinski definition) is 1. The number of nitrogens with zero attached hydrogens (tertiary/aromatic N) is 5. The number of aryl methyl sites for hydroxylation is 4. The highest BCUT2D eigenvalue weighted by Gasteiger charge is 2.16. The highest BCUT2D eigenvalue weighted by atomic mass is 79.9. The fourth-order valence-electron chi connectivity index (χ4n) is 3.99. The Labute approximate surface area is 196 Å². The third-order valence-corrected chi connectivity index (χ3v) is 6.74. The summed E-state index contributed by atoms with van der Waals surface area (Å²) in [5.74, 6) is -0.0771. The van der Waals surface area contributed by atoms with Crippen molar-refractivity contribution in [2.75, 3.05) is 6.54 Å². The van der Waals surface area contributed by atoms with Crippen LogP contribution in [0.2, 0.25) is 0 Å². The minimum atomic E-state index is -0.0771. The molecule has 0 radical (unpaired) electrons. The molecule has 0 bridgehead atoms. The summed E-state index contributed by atoms with van der Waals surface area (Å²) in [6.45, 7) is 9.52. The number of benzene rings is 1. The van der Waals surface area contributed by atoms with Gasteiger partial charge in [0.05, 0.1) is 15.9 Å². The first kappa shape index (κ1) is 22.2. The molecule has 0 spiro atoms. The van der Waals surface area contributed by atoms with E-state index < -0.39 is 0 Å². The van der Waals surface area contributed by atoms with Gasteiger partial charge >= 0.3 is 0 Å². The van der Waals surface area contributed by atoms with Crippen LogP contribution in [0.15, 0.2) is 41.0 Å². The molecule has 0 unspecified atom stereocenters. The van der Waals surface area contributed by atoms with Gasteiger partial charge in [0, 0.05) is 30.4 Å². The maximum Gasteiger partial charge on any atom is 0.241 e. The molecular weight excluding hydrogens is 468 g/mol. The summed E-state index contributed by atoms with van der Waals surface area (Å²) in [7, 11) is 0. The zero-order valence-corrected chi connectivity index (χ0v) is 20.4. The smallest absolute Gasteiger partial charge is 0.241 e. The lowest BCUT2D eigenvalue weighted by atomic mass is 10.0. The minimum absolute atomic E-state index is 0.0771. The molecule has 4 rings (SSSR count). The van der Waals surface area contributed by atoms with Crippen molar-refractivity contribution in [2.24, 2.45) is 0 Å². The van der Waals surface area contributed by atoms with E-state index in [1.54, 1.807) is 10.9 Å². The van der Waals surface area contributed by atoms with Gasteiger partial charge in [-0.15, -0.1) is 0 Å². The molecule has 3 aromatic heterocycles. The normalized spacial score (nSPS) is 11.3. The number of nitrogens with one attached hydrogen (secondary N) is 1. The van der Waals surface area contributed by atoms with Gasteiger partial charge in [-0.2, -0.15) is 10.2 Å². The van der Waals surface area contributed by atoms with Crippen LogP contribution in [0, 0.1) is 27.7 Å². The highest BCUT2D eigenvalue weighted by molar-refractivity contribution is 9.10. The first-order valence-electron chi connectivity index (χ1n) is 10.7. The minimum Gasteiger partial charge on any atom is -0.354 e. The first-order chi connectivity index (χ1) is 15.3. The molecule has 0 atom stereocenters. The van der Waals surface area contributed by atoms with Crippen molar-refractivity contribution >= 4 is 32.9 Å². The molecule has 1 amide bonds. The second kappa shape index (κ2) is 9.24. The third-order valence-electron chi connectivity index (χ3n) is 5.59. The number of amides is 1. The van der Waals surface area contributed by atoms with Gasteiger partial charge in [-0.05, 0) is 67.2 Å². The summed E-state index contributed by atoms with van der Waals surface area (Å²) in [4.78, 5) is 17.1. The fraction of sp³-hybridized carbons (Fsp3) is 0.333. The molecule has 0 aliphatic rings. The molecule has 0 aliphatic carbocycles. The van der Waals surface area contributed by atoms with Crippen LogP contribution < -0.4 is 5.32 Å². The van der Waals surface area contributed by atoms with Gasteiger partial charge < -0.3 is 5.32 Å². The third kappa shape index (κ3) is 4.46. The Hall–Kier alpha value is -3.00. The summed E-state index contributed by atoms with van der Waals surface area (Å²) in [5.41, 5.74) is 7.08. The van der Waals surface area contributed by atoms with Crippen LogP contribution in [0.5, 0.6) is 0 Å². The Balaban J connectivity index is 1.43. The van der Waals surface area contributed by atoms with E-state index >= 15 is 0 Å². The molecule has 4 aromatic rings. The summed E-state index contributed by atoms with van der Waals surface area (Å²) >= 11 is 3.55. The molecule has 7 nitrogen and oxygen atoms in total. The second-order valence-electron chi connectivity index (χ2n) is 8.08. The molecule has 166 valence electrons. The van der Waals surface area contributed by atoms with Crippen molar-refractivity contribution in [3.8, 4) is 11.1 Å². The maximum absolute atomic E-state index is 12.6. The predicted molar refractivity (Wildman–Crippen MR) is 129 cm³/mol. The number of halogens is 1. The topological polar surface area (TPSA) is 77.6 Å². The zero-order valence-electron chi connectivity index (χ0n) is 18.8. The van der Waals surface area contributed by atoms with Gasteiger partial charge in [-0.1, -0.05) is 29.8 Å². The van der Waals surface area contributed by atoms with Crippen LogP contribution in [-0.4, -0.2) is 37.0 Å². The standard InChI is InChI=1S/C24H27BrN6O/c1-15-7-5-8-19(13-15)20-9-11-27-24-22(20)16(2)28-31(24)14-21(32)26-10-6-12-30-18(4)23(25)17(3)29-30/h5,7-9,11,13H,6,10,12,14H2,1-4H3,(H,26,32). The van der Waals surface area contributed by atoms with Gasteiger partial charge in [0.1, 0.15) is 6.54 Å². The molecule has 0 saturated heterocycles. The van der Waals surface area contributed by atoms with Crippen LogP contribution in [0.25, 0.3) is 22.2 Å². The summed E-state index contributed by atoms with van der Waals surface area (Å²) in [6, 6.07) is 10.4. The number of fused-ring (bicyclic) bond motifs is 1. The average molecular weight is 495 g/mol. The van der Waals surface area contributed by atoms with Gasteiger partial charge in [0.2, 0.25) is 5.91 Å². The number of rotatable bonds is 7. The Morgan fingerprint density at radius 3 is 2.56 bits per heavy atom. The van der Waals surface area contributed by atoms with E-state index in [4.69, 9.17) is 0 Å². The van der Waals surface area contributed by atoms with Crippen molar-refractivity contribution in [3.05, 3.63) is 63.6 Å².